The van der Waals surface area contributed by atoms with Crippen molar-refractivity contribution >= 4 is 40.7 Å². The molecule has 1 N–H and O–H groups in total. The minimum absolute atomic E-state index is 0.205. The molecule has 1 saturated heterocycles. The van der Waals surface area contributed by atoms with E-state index in [1.54, 1.807) is 25.1 Å². The first-order chi connectivity index (χ1) is 19.3. The maximum absolute atomic E-state index is 13.7. The van der Waals surface area contributed by atoms with E-state index in [1.165, 1.54) is 4.90 Å². The van der Waals surface area contributed by atoms with E-state index in [4.69, 9.17) is 32.7 Å². The SMILES string of the molecule is CC(C(=O)NC(CN1CCOCC1)c1cccc(-c2cccc(C#N)c2)c1)N1C(=O)COc2cc(Cl)c(Cl)cc21. The number of nitriles is 1. The summed E-state index contributed by atoms with van der Waals surface area (Å²) < 4.78 is 11.1. The monoisotopic (exact) mass is 578 g/mol. The van der Waals surface area contributed by atoms with Crippen molar-refractivity contribution in [1.82, 2.24) is 10.2 Å². The fourth-order valence-corrected chi connectivity index (χ4v) is 5.29. The Bertz CT molecular complexity index is 1470. The van der Waals surface area contributed by atoms with Crippen molar-refractivity contribution in [2.24, 2.45) is 0 Å². The van der Waals surface area contributed by atoms with Crippen LogP contribution in [0.25, 0.3) is 11.1 Å². The molecule has 0 aliphatic carbocycles. The molecule has 2 unspecified atom stereocenters. The third kappa shape index (κ3) is 6.08. The van der Waals surface area contributed by atoms with Gasteiger partial charge in [-0.25, -0.2) is 0 Å². The molecule has 8 nitrogen and oxygen atoms in total. The molecule has 0 spiro atoms. The van der Waals surface area contributed by atoms with Crippen molar-refractivity contribution in [1.29, 1.82) is 5.26 Å². The van der Waals surface area contributed by atoms with E-state index in [-0.39, 0.29) is 29.5 Å². The summed E-state index contributed by atoms with van der Waals surface area (Å²) in [5.41, 5.74) is 3.74. The lowest BCUT2D eigenvalue weighted by Gasteiger charge is -2.35. The number of carbonyl (C=O) groups is 2. The van der Waals surface area contributed by atoms with Gasteiger partial charge >= 0.3 is 0 Å². The molecule has 5 rings (SSSR count). The smallest absolute Gasteiger partial charge is 0.265 e. The van der Waals surface area contributed by atoms with Gasteiger partial charge in [0.2, 0.25) is 5.91 Å². The Hall–Kier alpha value is -3.61. The molecule has 2 aliphatic heterocycles. The standard InChI is InChI=1S/C30H28Cl2N4O4/c1-19(36-27-14-24(31)25(32)15-28(27)40-18-29(36)37)30(38)34-26(17-35-8-10-39-11-9-35)23-7-3-6-22(13-23)21-5-2-4-20(12-21)16-33/h2-7,12-15,19,26H,8-11,17-18H2,1H3,(H,34,38). The van der Waals surface area contributed by atoms with Crippen molar-refractivity contribution in [3.05, 3.63) is 81.8 Å². The number of benzene rings is 3. The molecule has 2 amide bonds. The molecule has 206 valence electrons. The number of hydrogen-bond acceptors (Lipinski definition) is 6. The summed E-state index contributed by atoms with van der Waals surface area (Å²) in [6.07, 6.45) is 0. The minimum Gasteiger partial charge on any atom is -0.482 e. The normalized spacial score (nSPS) is 16.9. The van der Waals surface area contributed by atoms with Gasteiger partial charge in [-0.05, 0) is 47.9 Å². The fourth-order valence-electron chi connectivity index (χ4n) is 4.98. The third-order valence-electron chi connectivity index (χ3n) is 7.12. The number of morpholine rings is 1. The van der Waals surface area contributed by atoms with Crippen LogP contribution in [0, 0.1) is 11.3 Å². The van der Waals surface area contributed by atoms with Gasteiger partial charge < -0.3 is 14.8 Å². The van der Waals surface area contributed by atoms with Crippen LogP contribution >= 0.6 is 23.2 Å². The van der Waals surface area contributed by atoms with E-state index >= 15 is 0 Å². The minimum atomic E-state index is -0.838. The van der Waals surface area contributed by atoms with E-state index in [0.29, 0.717) is 41.8 Å². The highest BCUT2D eigenvalue weighted by Gasteiger charge is 2.35. The molecule has 2 heterocycles. The van der Waals surface area contributed by atoms with Crippen molar-refractivity contribution < 1.29 is 19.1 Å². The number of nitrogens with one attached hydrogen (secondary N) is 1. The Morgan fingerprint density at radius 2 is 1.75 bits per heavy atom. The van der Waals surface area contributed by atoms with E-state index in [2.05, 4.69) is 16.3 Å². The summed E-state index contributed by atoms with van der Waals surface area (Å²) in [6, 6.07) is 19.4. The second-order valence-electron chi connectivity index (χ2n) is 9.75. The maximum atomic E-state index is 13.7. The van der Waals surface area contributed by atoms with Crippen LogP contribution in [0.3, 0.4) is 0 Å². The lowest BCUT2D eigenvalue weighted by Crippen LogP contribution is -2.53. The van der Waals surface area contributed by atoms with Gasteiger partial charge in [-0.1, -0.05) is 53.5 Å². The van der Waals surface area contributed by atoms with Crippen LogP contribution in [-0.4, -0.2) is 62.2 Å². The maximum Gasteiger partial charge on any atom is 0.265 e. The molecule has 0 bridgehead atoms. The largest absolute Gasteiger partial charge is 0.482 e. The van der Waals surface area contributed by atoms with E-state index < -0.39 is 6.04 Å². The van der Waals surface area contributed by atoms with Crippen LogP contribution in [0.2, 0.25) is 10.0 Å². The van der Waals surface area contributed by atoms with Crippen molar-refractivity contribution in [2.75, 3.05) is 44.4 Å². The highest BCUT2D eigenvalue weighted by atomic mass is 35.5. The van der Waals surface area contributed by atoms with Crippen LogP contribution < -0.4 is 15.0 Å². The van der Waals surface area contributed by atoms with Crippen molar-refractivity contribution in [2.45, 2.75) is 19.0 Å². The fraction of sp³-hybridized carbons (Fsp3) is 0.300. The molecular weight excluding hydrogens is 551 g/mol. The van der Waals surface area contributed by atoms with E-state index in [0.717, 1.165) is 29.8 Å². The highest BCUT2D eigenvalue weighted by molar-refractivity contribution is 6.42. The van der Waals surface area contributed by atoms with Gasteiger partial charge in [0, 0.05) is 25.7 Å². The molecule has 0 saturated carbocycles. The highest BCUT2D eigenvalue weighted by Crippen LogP contribution is 2.39. The quantitative estimate of drug-likeness (QED) is 0.431. The first-order valence-electron chi connectivity index (χ1n) is 13.0. The van der Waals surface area contributed by atoms with Crippen LogP contribution in [0.5, 0.6) is 5.75 Å². The van der Waals surface area contributed by atoms with Gasteiger partial charge in [0.1, 0.15) is 11.8 Å². The number of halogens is 2. The lowest BCUT2D eigenvalue weighted by molar-refractivity contribution is -0.128. The summed E-state index contributed by atoms with van der Waals surface area (Å²) in [7, 11) is 0. The Kier molecular flexibility index (Phi) is 8.57. The first kappa shape index (κ1) is 27.9. The van der Waals surface area contributed by atoms with Crippen molar-refractivity contribution in [3.8, 4) is 22.9 Å². The number of anilines is 1. The molecule has 3 aromatic rings. The summed E-state index contributed by atoms with van der Waals surface area (Å²) in [4.78, 5) is 30.3. The average molecular weight is 579 g/mol. The molecule has 1 fully saturated rings. The van der Waals surface area contributed by atoms with Crippen LogP contribution in [0.4, 0.5) is 5.69 Å². The zero-order valence-corrected chi connectivity index (χ0v) is 23.4. The number of hydrogen-bond donors (Lipinski definition) is 1. The summed E-state index contributed by atoms with van der Waals surface area (Å²) in [6.45, 7) is 4.80. The van der Waals surface area contributed by atoms with Crippen molar-refractivity contribution in [3.63, 3.8) is 0 Å². The predicted octanol–water partition coefficient (Wildman–Crippen LogP) is 4.84. The Morgan fingerprint density at radius 1 is 1.05 bits per heavy atom. The lowest BCUT2D eigenvalue weighted by atomic mass is 9.97. The number of amides is 2. The molecular formula is C30H28Cl2N4O4. The third-order valence-corrected chi connectivity index (χ3v) is 7.85. The van der Waals surface area contributed by atoms with Gasteiger partial charge in [-0.15, -0.1) is 0 Å². The zero-order chi connectivity index (χ0) is 28.2. The second-order valence-corrected chi connectivity index (χ2v) is 10.6. The molecule has 3 aromatic carbocycles. The zero-order valence-electron chi connectivity index (χ0n) is 21.9. The van der Waals surface area contributed by atoms with Gasteiger partial charge in [-0.3, -0.25) is 19.4 Å². The number of fused-ring (bicyclic) bond motifs is 1. The topological polar surface area (TPSA) is 94.9 Å². The number of ether oxygens (including phenoxy) is 2. The van der Waals surface area contributed by atoms with Crippen LogP contribution in [-0.2, 0) is 14.3 Å². The molecule has 2 atom stereocenters. The van der Waals surface area contributed by atoms with E-state index in [1.807, 2.05) is 42.5 Å². The van der Waals surface area contributed by atoms with E-state index in [9.17, 15) is 14.9 Å². The predicted molar refractivity (Wildman–Crippen MR) is 154 cm³/mol. The van der Waals surface area contributed by atoms with Gasteiger partial charge in [0.25, 0.3) is 5.91 Å². The average Bonchev–Trinajstić information content (AvgIpc) is 2.98. The molecule has 40 heavy (non-hydrogen) atoms. The number of carbonyl (C=O) groups excluding carboxylic acids is 2. The van der Waals surface area contributed by atoms with Gasteiger partial charge in [-0.2, -0.15) is 5.26 Å². The first-order valence-corrected chi connectivity index (χ1v) is 13.7. The number of nitrogens with zero attached hydrogens (tertiary/aromatic N) is 3. The van der Waals surface area contributed by atoms with Crippen LogP contribution in [0.1, 0.15) is 24.1 Å². The Labute approximate surface area is 243 Å². The second kappa shape index (κ2) is 12.3. The van der Waals surface area contributed by atoms with Gasteiger partial charge in [0.15, 0.2) is 6.61 Å². The van der Waals surface area contributed by atoms with Crippen LogP contribution in [0.15, 0.2) is 60.7 Å². The summed E-state index contributed by atoms with van der Waals surface area (Å²) >= 11 is 12.4. The molecule has 10 heteroatoms. The molecule has 0 aromatic heterocycles. The number of rotatable bonds is 7. The molecule has 2 aliphatic rings. The van der Waals surface area contributed by atoms with Gasteiger partial charge in [0.05, 0.1) is 46.6 Å². The summed E-state index contributed by atoms with van der Waals surface area (Å²) in [5, 5.41) is 13.1. The molecule has 0 radical (unpaired) electrons. The Morgan fingerprint density at radius 3 is 2.50 bits per heavy atom. The summed E-state index contributed by atoms with van der Waals surface area (Å²) in [5.74, 6) is -0.272. The Balaban J connectivity index is 1.43.